The molecular weight excluding hydrogens is 595 g/mol. The zero-order valence-electron chi connectivity index (χ0n) is 25.9. The summed E-state index contributed by atoms with van der Waals surface area (Å²) in [5, 5.41) is 11.5. The third kappa shape index (κ3) is 6.06. The van der Waals surface area contributed by atoms with Crippen LogP contribution in [0.1, 0.15) is 38.5 Å². The third-order valence-electron chi connectivity index (χ3n) is 9.27. The first-order valence-corrected chi connectivity index (χ1v) is 16.3. The lowest BCUT2D eigenvalue weighted by atomic mass is 10.0. The molecule has 2 aromatic carbocycles. The highest BCUT2D eigenvalue weighted by atomic mass is 19.1. The highest BCUT2D eigenvalue weighted by molar-refractivity contribution is 5.98. The summed E-state index contributed by atoms with van der Waals surface area (Å²) in [6.45, 7) is 3.53. The van der Waals surface area contributed by atoms with Crippen molar-refractivity contribution in [3.05, 3.63) is 72.9 Å². The first-order chi connectivity index (χ1) is 23.1. The van der Waals surface area contributed by atoms with Crippen molar-refractivity contribution in [3.8, 4) is 39.7 Å². The molecule has 0 atom stereocenters. The van der Waals surface area contributed by atoms with Gasteiger partial charge in [-0.05, 0) is 74.7 Å². The first kappa shape index (κ1) is 29.3. The van der Waals surface area contributed by atoms with Gasteiger partial charge in [-0.25, -0.2) is 9.37 Å². The fraction of sp³-hybridized carbons (Fsp3) is 0.306. The van der Waals surface area contributed by atoms with Crippen molar-refractivity contribution in [3.63, 3.8) is 0 Å². The lowest BCUT2D eigenvalue weighted by molar-refractivity contribution is -0.119. The number of amides is 1. The topological polar surface area (TPSA) is 125 Å². The van der Waals surface area contributed by atoms with Crippen molar-refractivity contribution < 1.29 is 13.9 Å². The largest absolute Gasteiger partial charge is 0.492 e. The minimum atomic E-state index is -0.360. The van der Waals surface area contributed by atoms with Gasteiger partial charge in [0.2, 0.25) is 5.91 Å². The molecule has 5 heterocycles. The number of aromatic nitrogens is 6. The Bertz CT molecular complexity index is 2080. The number of halogens is 1. The van der Waals surface area contributed by atoms with Gasteiger partial charge in [-0.1, -0.05) is 25.0 Å². The molecule has 11 heteroatoms. The highest BCUT2D eigenvalue weighted by Crippen LogP contribution is 2.34. The summed E-state index contributed by atoms with van der Waals surface area (Å²) >= 11 is 0. The lowest BCUT2D eigenvalue weighted by Gasteiger charge is -2.15. The van der Waals surface area contributed by atoms with E-state index in [0.717, 1.165) is 72.9 Å². The van der Waals surface area contributed by atoms with E-state index >= 15 is 0 Å². The Labute approximate surface area is 270 Å². The number of pyridine rings is 2. The van der Waals surface area contributed by atoms with Crippen molar-refractivity contribution in [2.24, 2.45) is 5.92 Å². The van der Waals surface area contributed by atoms with Gasteiger partial charge in [0, 0.05) is 41.2 Å². The van der Waals surface area contributed by atoms with Gasteiger partial charge in [-0.3, -0.25) is 24.8 Å². The average Bonchev–Trinajstić information content (AvgIpc) is 3.91. The van der Waals surface area contributed by atoms with Gasteiger partial charge < -0.3 is 15.0 Å². The van der Waals surface area contributed by atoms with Gasteiger partial charge in [0.25, 0.3) is 0 Å². The summed E-state index contributed by atoms with van der Waals surface area (Å²) < 4.78 is 20.8. The Hall–Kier alpha value is -5.16. The number of likely N-dealkylation sites (tertiary alicyclic amines) is 1. The van der Waals surface area contributed by atoms with Crippen LogP contribution in [0.25, 0.3) is 55.8 Å². The number of ether oxygens (including phenoxy) is 1. The Morgan fingerprint density at radius 1 is 0.979 bits per heavy atom. The zero-order valence-corrected chi connectivity index (χ0v) is 25.9. The summed E-state index contributed by atoms with van der Waals surface area (Å²) in [5.41, 5.74) is 6.50. The number of hydrogen-bond donors (Lipinski definition) is 3. The third-order valence-corrected chi connectivity index (χ3v) is 9.27. The van der Waals surface area contributed by atoms with Gasteiger partial charge >= 0.3 is 0 Å². The Morgan fingerprint density at radius 3 is 2.72 bits per heavy atom. The first-order valence-electron chi connectivity index (χ1n) is 16.3. The van der Waals surface area contributed by atoms with Crippen LogP contribution in [-0.2, 0) is 4.79 Å². The minimum Gasteiger partial charge on any atom is -0.492 e. The van der Waals surface area contributed by atoms with Crippen LogP contribution in [0.3, 0.4) is 0 Å². The number of carbonyl (C=O) groups excluding carboxylic acids is 1. The van der Waals surface area contributed by atoms with Crippen LogP contribution in [0.5, 0.6) is 5.75 Å². The van der Waals surface area contributed by atoms with Crippen LogP contribution < -0.4 is 10.1 Å². The van der Waals surface area contributed by atoms with Crippen LogP contribution in [0, 0.1) is 11.7 Å². The van der Waals surface area contributed by atoms with Crippen LogP contribution in [0.4, 0.5) is 10.1 Å². The number of anilines is 1. The van der Waals surface area contributed by atoms with Gasteiger partial charge in [-0.15, -0.1) is 0 Å². The van der Waals surface area contributed by atoms with E-state index in [1.165, 1.54) is 25.0 Å². The van der Waals surface area contributed by atoms with Crippen LogP contribution in [0.15, 0.2) is 67.1 Å². The molecule has 3 N–H and O–H groups in total. The average molecular weight is 631 g/mol. The number of imidazole rings is 1. The van der Waals surface area contributed by atoms with Gasteiger partial charge in [0.15, 0.2) is 5.82 Å². The highest BCUT2D eigenvalue weighted by Gasteiger charge is 2.23. The second-order valence-electron chi connectivity index (χ2n) is 12.5. The number of aromatic amines is 2. The van der Waals surface area contributed by atoms with E-state index in [-0.39, 0.29) is 17.6 Å². The number of nitrogens with one attached hydrogen (secondary N) is 3. The summed E-state index contributed by atoms with van der Waals surface area (Å²) in [7, 11) is 0. The maximum absolute atomic E-state index is 14.8. The number of H-pyrrole nitrogens is 2. The zero-order chi connectivity index (χ0) is 31.7. The van der Waals surface area contributed by atoms with E-state index < -0.39 is 0 Å². The Morgan fingerprint density at radius 2 is 1.85 bits per heavy atom. The molecular formula is C36H35FN8O2. The molecule has 0 spiro atoms. The molecule has 0 bridgehead atoms. The van der Waals surface area contributed by atoms with Crippen LogP contribution in [-0.4, -0.2) is 67.2 Å². The molecule has 1 aliphatic carbocycles. The van der Waals surface area contributed by atoms with E-state index in [1.807, 2.05) is 36.4 Å². The number of para-hydroxylation sites is 1. The maximum atomic E-state index is 14.8. The van der Waals surface area contributed by atoms with E-state index in [2.05, 4.69) is 35.4 Å². The van der Waals surface area contributed by atoms with E-state index in [0.29, 0.717) is 46.3 Å². The molecule has 8 rings (SSSR count). The fourth-order valence-corrected chi connectivity index (χ4v) is 6.81. The Kier molecular flexibility index (Phi) is 7.82. The van der Waals surface area contributed by atoms with Crippen molar-refractivity contribution in [2.75, 3.05) is 31.6 Å². The molecule has 2 fully saturated rings. The molecule has 0 unspecified atom stereocenters. The lowest BCUT2D eigenvalue weighted by Crippen LogP contribution is -2.25. The predicted octanol–water partition coefficient (Wildman–Crippen LogP) is 6.97. The van der Waals surface area contributed by atoms with Crippen molar-refractivity contribution in [1.29, 1.82) is 0 Å². The Balaban J connectivity index is 1.08. The number of fused-ring (bicyclic) bond motifs is 2. The normalized spacial score (nSPS) is 15.6. The number of nitrogens with zero attached hydrogens (tertiary/aromatic N) is 5. The van der Waals surface area contributed by atoms with E-state index in [1.54, 1.807) is 18.6 Å². The monoisotopic (exact) mass is 630 g/mol. The van der Waals surface area contributed by atoms with Gasteiger partial charge in [0.05, 0.1) is 40.3 Å². The van der Waals surface area contributed by atoms with Crippen molar-refractivity contribution in [1.82, 2.24) is 35.0 Å². The molecule has 1 saturated carbocycles. The van der Waals surface area contributed by atoms with Crippen LogP contribution in [0.2, 0.25) is 0 Å². The summed E-state index contributed by atoms with van der Waals surface area (Å²) in [5.74, 6) is 0.825. The number of benzene rings is 2. The minimum absolute atomic E-state index is 0.0470. The summed E-state index contributed by atoms with van der Waals surface area (Å²) in [4.78, 5) is 32.4. The van der Waals surface area contributed by atoms with Gasteiger partial charge in [0.1, 0.15) is 23.9 Å². The molecule has 1 aliphatic heterocycles. The summed E-state index contributed by atoms with van der Waals surface area (Å²) in [6.07, 6.45) is 11.6. The summed E-state index contributed by atoms with van der Waals surface area (Å²) in [6, 6.07) is 14.5. The fourth-order valence-electron chi connectivity index (χ4n) is 6.81. The van der Waals surface area contributed by atoms with E-state index in [4.69, 9.17) is 9.72 Å². The second kappa shape index (κ2) is 12.6. The van der Waals surface area contributed by atoms with E-state index in [9.17, 15) is 9.18 Å². The van der Waals surface area contributed by atoms with Crippen molar-refractivity contribution >= 4 is 33.5 Å². The molecule has 1 amide bonds. The van der Waals surface area contributed by atoms with Crippen molar-refractivity contribution in [2.45, 2.75) is 38.5 Å². The molecule has 1 saturated heterocycles. The smallest absolute Gasteiger partial charge is 0.227 e. The standard InChI is InChI=1S/C36H35FN8O2/c37-25-14-23(16-27(17-25)47-13-12-45-10-3-4-11-45)28-8-5-9-30-33(28)42-35(41-30)34-29-18-31(39-21-32(29)43-44-34)24-15-26(20-38-19-24)40-36(46)22-6-1-2-7-22/h5,8-9,14-22H,1-4,6-7,10-13H2,(H,40,46)(H,41,42)(H,43,44). The number of carbonyl (C=O) groups is 1. The number of hydrogen-bond acceptors (Lipinski definition) is 7. The molecule has 4 aromatic heterocycles. The predicted molar refractivity (Wildman–Crippen MR) is 179 cm³/mol. The van der Waals surface area contributed by atoms with Crippen LogP contribution >= 0.6 is 0 Å². The number of rotatable bonds is 9. The molecule has 238 valence electrons. The SMILES string of the molecule is O=C(Nc1cncc(-c2cc3c(-c4nc5c(-c6cc(F)cc(OCCN7CCCC7)c6)cccc5[nH]4)n[nH]c3cn2)c1)C1CCCC1. The second-order valence-corrected chi connectivity index (χ2v) is 12.5. The molecule has 6 aromatic rings. The quantitative estimate of drug-likeness (QED) is 0.158. The maximum Gasteiger partial charge on any atom is 0.227 e. The molecule has 0 radical (unpaired) electrons. The molecule has 10 nitrogen and oxygen atoms in total. The van der Waals surface area contributed by atoms with Gasteiger partial charge in [-0.2, -0.15) is 5.10 Å². The molecule has 47 heavy (non-hydrogen) atoms. The molecule has 2 aliphatic rings.